The van der Waals surface area contributed by atoms with Crippen LogP contribution in [0.15, 0.2) is 18.2 Å². The van der Waals surface area contributed by atoms with E-state index in [2.05, 4.69) is 0 Å². The first-order valence-electron chi connectivity index (χ1n) is 4.32. The molecule has 1 unspecified atom stereocenters. The van der Waals surface area contributed by atoms with Crippen molar-refractivity contribution in [1.29, 1.82) is 0 Å². The van der Waals surface area contributed by atoms with Crippen molar-refractivity contribution in [3.05, 3.63) is 29.0 Å². The Balaban J connectivity index is 2.66. The van der Waals surface area contributed by atoms with E-state index in [0.717, 1.165) is 0 Å². The third-order valence-corrected chi connectivity index (χ3v) is 2.04. The van der Waals surface area contributed by atoms with Crippen LogP contribution < -0.4 is 4.74 Å². The second-order valence-electron chi connectivity index (χ2n) is 3.15. The lowest BCUT2D eigenvalue weighted by molar-refractivity contribution is 0.171. The minimum absolute atomic E-state index is 0.00602. The van der Waals surface area contributed by atoms with Gasteiger partial charge in [-0.2, -0.15) is 0 Å². The average molecular weight is 219 g/mol. The second-order valence-corrected chi connectivity index (χ2v) is 3.56. The summed E-state index contributed by atoms with van der Waals surface area (Å²) < 4.78 is 18.3. The van der Waals surface area contributed by atoms with Crippen LogP contribution in [0.1, 0.15) is 6.92 Å². The largest absolute Gasteiger partial charge is 0.489 e. The molecule has 0 radical (unpaired) electrons. The normalized spacial score (nSPS) is 12.6. The Kier molecular flexibility index (Phi) is 4.17. The zero-order valence-electron chi connectivity index (χ0n) is 7.84. The average Bonchev–Trinajstić information content (AvgIpc) is 2.16. The minimum atomic E-state index is -0.484. The van der Waals surface area contributed by atoms with E-state index in [-0.39, 0.29) is 29.9 Å². The van der Waals surface area contributed by atoms with E-state index < -0.39 is 5.82 Å². The molecule has 0 amide bonds. The Morgan fingerprint density at radius 1 is 1.57 bits per heavy atom. The molecule has 0 bridgehead atoms. The van der Waals surface area contributed by atoms with Crippen molar-refractivity contribution in [2.45, 2.75) is 6.92 Å². The SMILES string of the molecule is CC(CO)COc1c(F)cccc1Cl. The van der Waals surface area contributed by atoms with E-state index in [0.29, 0.717) is 0 Å². The molecule has 14 heavy (non-hydrogen) atoms. The number of benzene rings is 1. The van der Waals surface area contributed by atoms with Gasteiger partial charge in [0.25, 0.3) is 0 Å². The van der Waals surface area contributed by atoms with Crippen LogP contribution >= 0.6 is 11.6 Å². The third-order valence-electron chi connectivity index (χ3n) is 1.74. The maximum absolute atomic E-state index is 13.1. The van der Waals surface area contributed by atoms with Crippen LogP contribution in [-0.2, 0) is 0 Å². The predicted molar refractivity (Wildman–Crippen MR) is 53.2 cm³/mol. The van der Waals surface area contributed by atoms with E-state index in [9.17, 15) is 4.39 Å². The maximum Gasteiger partial charge on any atom is 0.173 e. The zero-order valence-corrected chi connectivity index (χ0v) is 8.59. The number of aliphatic hydroxyl groups excluding tert-OH is 1. The van der Waals surface area contributed by atoms with Crippen LogP contribution in [-0.4, -0.2) is 18.3 Å². The molecular formula is C10H12ClFO2. The highest BCUT2D eigenvalue weighted by atomic mass is 35.5. The molecule has 0 aromatic heterocycles. The molecule has 0 aliphatic carbocycles. The second kappa shape index (κ2) is 5.17. The molecular weight excluding hydrogens is 207 g/mol. The van der Waals surface area contributed by atoms with Crippen molar-refractivity contribution >= 4 is 11.6 Å². The highest BCUT2D eigenvalue weighted by molar-refractivity contribution is 6.32. The standard InChI is InChI=1S/C10H12ClFO2/c1-7(5-13)6-14-10-8(11)3-2-4-9(10)12/h2-4,7,13H,5-6H2,1H3. The van der Waals surface area contributed by atoms with Gasteiger partial charge in [0.05, 0.1) is 11.6 Å². The van der Waals surface area contributed by atoms with E-state index in [1.807, 2.05) is 0 Å². The van der Waals surface area contributed by atoms with Crippen LogP contribution in [0, 0.1) is 11.7 Å². The molecule has 2 nitrogen and oxygen atoms in total. The van der Waals surface area contributed by atoms with Crippen molar-refractivity contribution in [3.8, 4) is 5.75 Å². The molecule has 0 aliphatic rings. The highest BCUT2D eigenvalue weighted by Gasteiger charge is 2.09. The van der Waals surface area contributed by atoms with Crippen LogP contribution in [0.5, 0.6) is 5.75 Å². The highest BCUT2D eigenvalue weighted by Crippen LogP contribution is 2.27. The summed E-state index contributed by atoms with van der Waals surface area (Å²) in [5.74, 6) is -0.470. The van der Waals surface area contributed by atoms with E-state index >= 15 is 0 Å². The summed E-state index contributed by atoms with van der Waals surface area (Å²) in [5, 5.41) is 8.99. The molecule has 0 saturated heterocycles. The topological polar surface area (TPSA) is 29.5 Å². The molecule has 0 aliphatic heterocycles. The van der Waals surface area contributed by atoms with Gasteiger partial charge in [-0.25, -0.2) is 4.39 Å². The summed E-state index contributed by atoms with van der Waals surface area (Å²) in [5.41, 5.74) is 0. The number of halogens is 2. The fraction of sp³-hybridized carbons (Fsp3) is 0.400. The lowest BCUT2D eigenvalue weighted by Crippen LogP contribution is -2.12. The lowest BCUT2D eigenvalue weighted by atomic mass is 10.2. The van der Waals surface area contributed by atoms with E-state index in [1.54, 1.807) is 13.0 Å². The summed E-state index contributed by atoms with van der Waals surface area (Å²) in [6, 6.07) is 4.36. The van der Waals surface area contributed by atoms with Gasteiger partial charge in [-0.1, -0.05) is 24.6 Å². The first-order chi connectivity index (χ1) is 6.65. The first kappa shape index (κ1) is 11.3. The van der Waals surface area contributed by atoms with Crippen LogP contribution in [0.2, 0.25) is 5.02 Å². The Morgan fingerprint density at radius 2 is 2.29 bits per heavy atom. The van der Waals surface area contributed by atoms with Gasteiger partial charge in [0, 0.05) is 12.5 Å². The van der Waals surface area contributed by atoms with E-state index in [1.165, 1.54) is 12.1 Å². The van der Waals surface area contributed by atoms with Crippen LogP contribution in [0.3, 0.4) is 0 Å². The van der Waals surface area contributed by atoms with Gasteiger partial charge in [0.15, 0.2) is 11.6 Å². The van der Waals surface area contributed by atoms with Crippen molar-refractivity contribution in [2.24, 2.45) is 5.92 Å². The number of hydrogen-bond acceptors (Lipinski definition) is 2. The number of ether oxygens (including phenoxy) is 1. The van der Waals surface area contributed by atoms with Crippen molar-refractivity contribution in [1.82, 2.24) is 0 Å². The van der Waals surface area contributed by atoms with Crippen LogP contribution in [0.25, 0.3) is 0 Å². The lowest BCUT2D eigenvalue weighted by Gasteiger charge is -2.11. The van der Waals surface area contributed by atoms with Gasteiger partial charge in [-0.05, 0) is 12.1 Å². The molecule has 0 heterocycles. The molecule has 1 rings (SSSR count). The Hall–Kier alpha value is -0.800. The van der Waals surface area contributed by atoms with Gasteiger partial charge in [-0.3, -0.25) is 0 Å². The molecule has 4 heteroatoms. The van der Waals surface area contributed by atoms with Gasteiger partial charge >= 0.3 is 0 Å². The molecule has 0 fully saturated rings. The fourth-order valence-corrected chi connectivity index (χ4v) is 1.12. The summed E-state index contributed by atoms with van der Waals surface area (Å²) in [7, 11) is 0. The van der Waals surface area contributed by atoms with E-state index in [4.69, 9.17) is 21.4 Å². The molecule has 1 atom stereocenters. The molecule has 1 N–H and O–H groups in total. The molecule has 78 valence electrons. The number of hydrogen-bond donors (Lipinski definition) is 1. The van der Waals surface area contributed by atoms with Gasteiger partial charge < -0.3 is 9.84 Å². The molecule has 0 saturated carbocycles. The Morgan fingerprint density at radius 3 is 2.86 bits per heavy atom. The molecule has 1 aromatic carbocycles. The molecule has 0 spiro atoms. The Bertz CT molecular complexity index is 284. The summed E-state index contributed by atoms with van der Waals surface area (Å²) in [6.07, 6.45) is 0. The van der Waals surface area contributed by atoms with Gasteiger partial charge in [-0.15, -0.1) is 0 Å². The van der Waals surface area contributed by atoms with Crippen molar-refractivity contribution in [3.63, 3.8) is 0 Å². The van der Waals surface area contributed by atoms with Gasteiger partial charge in [0.1, 0.15) is 0 Å². The van der Waals surface area contributed by atoms with Crippen LogP contribution in [0.4, 0.5) is 4.39 Å². The Labute approximate surface area is 87.3 Å². The minimum Gasteiger partial charge on any atom is -0.489 e. The smallest absolute Gasteiger partial charge is 0.173 e. The third kappa shape index (κ3) is 2.86. The van der Waals surface area contributed by atoms with Gasteiger partial charge in [0.2, 0.25) is 0 Å². The number of rotatable bonds is 4. The quantitative estimate of drug-likeness (QED) is 0.842. The van der Waals surface area contributed by atoms with Crippen molar-refractivity contribution < 1.29 is 14.2 Å². The number of para-hydroxylation sites is 1. The summed E-state index contributed by atoms with van der Waals surface area (Å²) >= 11 is 5.73. The first-order valence-corrected chi connectivity index (χ1v) is 4.70. The maximum atomic E-state index is 13.1. The monoisotopic (exact) mass is 218 g/mol. The summed E-state index contributed by atoms with van der Waals surface area (Å²) in [6.45, 7) is 2.05. The summed E-state index contributed by atoms with van der Waals surface area (Å²) in [4.78, 5) is 0. The fourth-order valence-electron chi connectivity index (χ4n) is 0.899. The molecule has 1 aromatic rings. The number of aliphatic hydroxyl groups is 1. The zero-order chi connectivity index (χ0) is 10.6. The predicted octanol–water partition coefficient (Wildman–Crippen LogP) is 2.49. The van der Waals surface area contributed by atoms with Crippen molar-refractivity contribution in [2.75, 3.05) is 13.2 Å².